The van der Waals surface area contributed by atoms with E-state index in [1.165, 1.54) is 0 Å². The Morgan fingerprint density at radius 1 is 1.44 bits per heavy atom. The standard InChI is InChI=1S/C13H17N3O2/c14-10-5-8-6-13(18)15-11(8)7-12(10)16(3-4-17)9-1-2-9/h5,7,9,17H,1-4,6,14H2,(H,15,18). The van der Waals surface area contributed by atoms with Crippen molar-refractivity contribution in [1.82, 2.24) is 0 Å². The molecule has 0 spiro atoms. The van der Waals surface area contributed by atoms with Crippen LogP contribution in [0.4, 0.5) is 17.1 Å². The Hall–Kier alpha value is -1.75. The van der Waals surface area contributed by atoms with Gasteiger partial charge in [-0.1, -0.05) is 0 Å². The smallest absolute Gasteiger partial charge is 0.228 e. The number of hydrogen-bond acceptors (Lipinski definition) is 4. The van der Waals surface area contributed by atoms with Gasteiger partial charge in [0.1, 0.15) is 0 Å². The van der Waals surface area contributed by atoms with Crippen LogP contribution in [0.25, 0.3) is 0 Å². The predicted octanol–water partition coefficient (Wildman–Crippen LogP) is 0.724. The summed E-state index contributed by atoms with van der Waals surface area (Å²) in [5.41, 5.74) is 9.50. The average Bonchev–Trinajstić information content (AvgIpc) is 3.08. The predicted molar refractivity (Wildman–Crippen MR) is 70.6 cm³/mol. The van der Waals surface area contributed by atoms with Gasteiger partial charge in [-0.2, -0.15) is 0 Å². The molecule has 1 amide bonds. The van der Waals surface area contributed by atoms with Crippen LogP contribution in [0.15, 0.2) is 12.1 Å². The molecule has 0 bridgehead atoms. The van der Waals surface area contributed by atoms with Crippen molar-refractivity contribution < 1.29 is 9.90 Å². The number of aliphatic hydroxyl groups is 1. The van der Waals surface area contributed by atoms with Gasteiger partial charge >= 0.3 is 0 Å². The number of nitrogen functional groups attached to an aromatic ring is 1. The molecule has 1 aliphatic carbocycles. The van der Waals surface area contributed by atoms with Gasteiger partial charge in [0.05, 0.1) is 24.4 Å². The largest absolute Gasteiger partial charge is 0.397 e. The third kappa shape index (κ3) is 1.90. The molecule has 0 unspecified atom stereocenters. The second-order valence-corrected chi connectivity index (χ2v) is 4.94. The lowest BCUT2D eigenvalue weighted by molar-refractivity contribution is -0.115. The zero-order chi connectivity index (χ0) is 12.7. The van der Waals surface area contributed by atoms with E-state index in [4.69, 9.17) is 10.8 Å². The second kappa shape index (κ2) is 4.17. The fourth-order valence-electron chi connectivity index (χ4n) is 2.52. The minimum absolute atomic E-state index is 0.0154. The fourth-order valence-corrected chi connectivity index (χ4v) is 2.52. The minimum Gasteiger partial charge on any atom is -0.397 e. The number of benzene rings is 1. The number of carbonyl (C=O) groups is 1. The summed E-state index contributed by atoms with van der Waals surface area (Å²) in [6.45, 7) is 0.695. The first-order chi connectivity index (χ1) is 8.69. The lowest BCUT2D eigenvalue weighted by Gasteiger charge is -2.25. The van der Waals surface area contributed by atoms with E-state index in [0.717, 1.165) is 29.8 Å². The number of aliphatic hydroxyl groups excluding tert-OH is 1. The molecule has 1 saturated carbocycles. The Balaban J connectivity index is 1.96. The van der Waals surface area contributed by atoms with Crippen LogP contribution in [0.2, 0.25) is 0 Å². The Morgan fingerprint density at radius 3 is 2.89 bits per heavy atom. The third-order valence-corrected chi connectivity index (χ3v) is 3.52. The highest BCUT2D eigenvalue weighted by Crippen LogP contribution is 2.38. The van der Waals surface area contributed by atoms with E-state index in [0.29, 0.717) is 24.7 Å². The Bertz CT molecular complexity index is 497. The maximum absolute atomic E-state index is 11.4. The Kier molecular flexibility index (Phi) is 2.63. The molecule has 0 atom stereocenters. The quantitative estimate of drug-likeness (QED) is 0.685. The lowest BCUT2D eigenvalue weighted by Crippen LogP contribution is -2.29. The van der Waals surface area contributed by atoms with Crippen LogP contribution < -0.4 is 16.0 Å². The summed E-state index contributed by atoms with van der Waals surface area (Å²) in [6, 6.07) is 4.29. The van der Waals surface area contributed by atoms with Gasteiger partial charge in [0.2, 0.25) is 5.91 Å². The van der Waals surface area contributed by atoms with Crippen molar-refractivity contribution >= 4 is 23.0 Å². The second-order valence-electron chi connectivity index (χ2n) is 4.94. The molecule has 1 aromatic rings. The Morgan fingerprint density at radius 2 is 2.22 bits per heavy atom. The van der Waals surface area contributed by atoms with Gasteiger partial charge in [0.25, 0.3) is 0 Å². The van der Waals surface area contributed by atoms with Gasteiger partial charge < -0.3 is 21.1 Å². The molecule has 0 aromatic heterocycles. The molecule has 18 heavy (non-hydrogen) atoms. The van der Waals surface area contributed by atoms with Gasteiger partial charge in [-0.3, -0.25) is 4.79 Å². The first kappa shape index (κ1) is 11.3. The highest BCUT2D eigenvalue weighted by molar-refractivity contribution is 6.01. The molecule has 1 aromatic carbocycles. The SMILES string of the molecule is Nc1cc2c(cc1N(CCO)C1CC1)NC(=O)C2. The van der Waals surface area contributed by atoms with Gasteiger partial charge in [0, 0.05) is 18.3 Å². The number of nitrogens with one attached hydrogen (secondary N) is 1. The molecule has 2 aliphatic rings. The van der Waals surface area contributed by atoms with E-state index < -0.39 is 0 Å². The minimum atomic E-state index is 0.0154. The maximum Gasteiger partial charge on any atom is 0.228 e. The van der Waals surface area contributed by atoms with E-state index in [1.54, 1.807) is 0 Å². The monoisotopic (exact) mass is 247 g/mol. The van der Waals surface area contributed by atoms with E-state index >= 15 is 0 Å². The molecule has 0 radical (unpaired) electrons. The van der Waals surface area contributed by atoms with Gasteiger partial charge in [-0.25, -0.2) is 0 Å². The van der Waals surface area contributed by atoms with Crippen molar-refractivity contribution in [3.63, 3.8) is 0 Å². The van der Waals surface area contributed by atoms with E-state index in [-0.39, 0.29) is 12.5 Å². The van der Waals surface area contributed by atoms with Crippen molar-refractivity contribution in [2.24, 2.45) is 0 Å². The molecular formula is C13H17N3O2. The lowest BCUT2D eigenvalue weighted by atomic mass is 10.1. The average molecular weight is 247 g/mol. The summed E-state index contributed by atoms with van der Waals surface area (Å²) in [5, 5.41) is 12.0. The van der Waals surface area contributed by atoms with Crippen LogP contribution in [0.5, 0.6) is 0 Å². The van der Waals surface area contributed by atoms with E-state index in [9.17, 15) is 4.79 Å². The van der Waals surface area contributed by atoms with Gasteiger partial charge in [-0.05, 0) is 30.5 Å². The summed E-state index contributed by atoms with van der Waals surface area (Å²) in [7, 11) is 0. The highest BCUT2D eigenvalue weighted by Gasteiger charge is 2.31. The van der Waals surface area contributed by atoms with Crippen LogP contribution >= 0.6 is 0 Å². The molecular weight excluding hydrogens is 230 g/mol. The fraction of sp³-hybridized carbons (Fsp3) is 0.462. The van der Waals surface area contributed by atoms with Crippen LogP contribution in [0, 0.1) is 0 Å². The van der Waals surface area contributed by atoms with Crippen molar-refractivity contribution in [2.45, 2.75) is 25.3 Å². The number of anilines is 3. The first-order valence-corrected chi connectivity index (χ1v) is 6.29. The van der Waals surface area contributed by atoms with Gasteiger partial charge in [-0.15, -0.1) is 0 Å². The molecule has 1 heterocycles. The van der Waals surface area contributed by atoms with Crippen LogP contribution in [0.1, 0.15) is 18.4 Å². The summed E-state index contributed by atoms with van der Waals surface area (Å²) < 4.78 is 0. The van der Waals surface area contributed by atoms with Crippen LogP contribution in [-0.2, 0) is 11.2 Å². The number of nitrogens with zero attached hydrogens (tertiary/aromatic N) is 1. The summed E-state index contributed by atoms with van der Waals surface area (Å²) in [6.07, 6.45) is 2.69. The zero-order valence-electron chi connectivity index (χ0n) is 10.1. The van der Waals surface area contributed by atoms with Crippen molar-refractivity contribution in [2.75, 3.05) is 29.1 Å². The zero-order valence-corrected chi connectivity index (χ0v) is 10.1. The van der Waals surface area contributed by atoms with Crippen molar-refractivity contribution in [3.8, 4) is 0 Å². The molecule has 0 saturated heterocycles. The van der Waals surface area contributed by atoms with E-state index in [2.05, 4.69) is 10.2 Å². The van der Waals surface area contributed by atoms with Gasteiger partial charge in [0.15, 0.2) is 0 Å². The third-order valence-electron chi connectivity index (χ3n) is 3.52. The summed E-state index contributed by atoms with van der Waals surface area (Å²) in [4.78, 5) is 13.5. The normalized spacial score (nSPS) is 17.5. The summed E-state index contributed by atoms with van der Waals surface area (Å²) >= 11 is 0. The van der Waals surface area contributed by atoms with E-state index in [1.807, 2.05) is 12.1 Å². The molecule has 4 N–H and O–H groups in total. The van der Waals surface area contributed by atoms with Crippen molar-refractivity contribution in [3.05, 3.63) is 17.7 Å². The molecule has 3 rings (SSSR count). The number of fused-ring (bicyclic) bond motifs is 1. The van der Waals surface area contributed by atoms with Crippen LogP contribution in [-0.4, -0.2) is 30.2 Å². The highest BCUT2D eigenvalue weighted by atomic mass is 16.3. The van der Waals surface area contributed by atoms with Crippen LogP contribution in [0.3, 0.4) is 0 Å². The summed E-state index contributed by atoms with van der Waals surface area (Å²) in [5.74, 6) is 0.0154. The number of hydrogen-bond donors (Lipinski definition) is 3. The molecule has 5 heteroatoms. The number of amides is 1. The molecule has 1 aliphatic heterocycles. The number of rotatable bonds is 4. The maximum atomic E-state index is 11.4. The number of carbonyl (C=O) groups excluding carboxylic acids is 1. The first-order valence-electron chi connectivity index (χ1n) is 6.29. The number of nitrogens with two attached hydrogens (primary N) is 1. The molecule has 5 nitrogen and oxygen atoms in total. The molecule has 1 fully saturated rings. The van der Waals surface area contributed by atoms with Crippen molar-refractivity contribution in [1.29, 1.82) is 0 Å². The topological polar surface area (TPSA) is 78.6 Å². The molecule has 96 valence electrons. The Labute approximate surface area is 106 Å².